The first kappa shape index (κ1) is 11.8. The highest BCUT2D eigenvalue weighted by molar-refractivity contribution is 6.17. The van der Waals surface area contributed by atoms with Crippen molar-refractivity contribution in [2.45, 2.75) is 44.9 Å². The molecule has 132 valence electrons. The number of para-hydroxylation sites is 1. The number of rotatable bonds is 4. The molecular weight excluding hydrogens is 320 g/mol. The summed E-state index contributed by atoms with van der Waals surface area (Å²) in [5.74, 6) is 0.434. The molecule has 2 aromatic heterocycles. The van der Waals surface area contributed by atoms with Crippen molar-refractivity contribution in [2.75, 3.05) is 0 Å². The van der Waals surface area contributed by atoms with Gasteiger partial charge in [-0.25, -0.2) is 4.98 Å². The molecular formula is C23H24N2O. The van der Waals surface area contributed by atoms with Crippen LogP contribution in [0.4, 0.5) is 0 Å². The van der Waals surface area contributed by atoms with Crippen molar-refractivity contribution in [3.05, 3.63) is 65.8 Å². The fourth-order valence-corrected chi connectivity index (χ4v) is 3.72. The van der Waals surface area contributed by atoms with E-state index in [0.29, 0.717) is 22.8 Å². The van der Waals surface area contributed by atoms with Crippen LogP contribution >= 0.6 is 0 Å². The molecule has 26 heavy (non-hydrogen) atoms. The minimum atomic E-state index is -2.59. The van der Waals surface area contributed by atoms with E-state index >= 15 is 0 Å². The molecule has 3 nitrogen and oxygen atoms in total. The fraction of sp³-hybridized carbons (Fsp3) is 0.304. The number of allylic oxidation sites excluding steroid dienone is 3. The van der Waals surface area contributed by atoms with E-state index in [4.69, 9.17) is 21.7 Å². The maximum atomic E-state index is 8.45. The smallest absolute Gasteiger partial charge is 0.227 e. The largest absolute Gasteiger partial charge is 0.437 e. The SMILES string of the molecule is [2H]/C(C(=C)C([2H])([2H])[2H])=C(\[2H])C(=N)c1cccc2c1oc1nc(C3CCCCC3)ccc12. The molecule has 1 N–H and O–H groups in total. The monoisotopic (exact) mass is 349 g/mol. The Morgan fingerprint density at radius 2 is 2.08 bits per heavy atom. The summed E-state index contributed by atoms with van der Waals surface area (Å²) in [6, 6.07) is 8.22. The second-order valence-corrected chi connectivity index (χ2v) is 6.81. The number of nitrogens with zero attached hydrogens (tertiary/aromatic N) is 1. The zero-order valence-corrected chi connectivity index (χ0v) is 14.6. The minimum Gasteiger partial charge on any atom is -0.437 e. The Morgan fingerprint density at radius 1 is 1.23 bits per heavy atom. The summed E-state index contributed by atoms with van der Waals surface area (Å²) >= 11 is 0. The van der Waals surface area contributed by atoms with Crippen LogP contribution in [0.25, 0.3) is 22.1 Å². The van der Waals surface area contributed by atoms with E-state index in [0.717, 1.165) is 29.3 Å². The number of hydrogen-bond acceptors (Lipinski definition) is 3. The molecule has 0 unspecified atom stereocenters. The summed E-state index contributed by atoms with van der Waals surface area (Å²) in [6.07, 6.45) is 5.94. The van der Waals surface area contributed by atoms with Crippen LogP contribution in [-0.2, 0) is 0 Å². The molecule has 1 aliphatic carbocycles. The zero-order chi connectivity index (χ0) is 22.3. The van der Waals surface area contributed by atoms with Crippen molar-refractivity contribution in [3.8, 4) is 0 Å². The van der Waals surface area contributed by atoms with E-state index in [1.54, 1.807) is 12.1 Å². The van der Waals surface area contributed by atoms with Crippen LogP contribution in [0, 0.1) is 5.41 Å². The third-order valence-electron chi connectivity index (χ3n) is 5.02. The molecule has 1 saturated carbocycles. The van der Waals surface area contributed by atoms with E-state index in [1.807, 2.05) is 18.2 Å². The highest BCUT2D eigenvalue weighted by Crippen LogP contribution is 2.35. The predicted molar refractivity (Wildman–Crippen MR) is 108 cm³/mol. The van der Waals surface area contributed by atoms with Crippen molar-refractivity contribution in [2.24, 2.45) is 0 Å². The molecule has 0 amide bonds. The van der Waals surface area contributed by atoms with Gasteiger partial charge in [0.2, 0.25) is 5.71 Å². The Kier molecular flexibility index (Phi) is 3.15. The highest BCUT2D eigenvalue weighted by Gasteiger charge is 2.19. The van der Waals surface area contributed by atoms with Crippen molar-refractivity contribution in [1.82, 2.24) is 4.98 Å². The Morgan fingerprint density at radius 3 is 2.88 bits per heavy atom. The average molecular weight is 349 g/mol. The maximum Gasteiger partial charge on any atom is 0.227 e. The highest BCUT2D eigenvalue weighted by atomic mass is 16.3. The van der Waals surface area contributed by atoms with Crippen LogP contribution in [0.1, 0.15) is 63.0 Å². The molecule has 0 spiro atoms. The second kappa shape index (κ2) is 6.91. The molecule has 3 aromatic rings. The summed E-state index contributed by atoms with van der Waals surface area (Å²) in [6.45, 7) is 0.827. The molecule has 3 heteroatoms. The molecule has 1 fully saturated rings. The van der Waals surface area contributed by atoms with Crippen molar-refractivity contribution < 1.29 is 11.3 Å². The number of benzene rings is 1. The van der Waals surface area contributed by atoms with E-state index in [2.05, 4.69) is 6.58 Å². The number of pyridine rings is 1. The zero-order valence-electron chi connectivity index (χ0n) is 19.6. The molecule has 1 aliphatic rings. The summed E-state index contributed by atoms with van der Waals surface area (Å²) in [5, 5.41) is 10.1. The first-order chi connectivity index (χ1) is 14.7. The van der Waals surface area contributed by atoms with Gasteiger partial charge in [-0.1, -0.05) is 49.6 Å². The van der Waals surface area contributed by atoms with Gasteiger partial charge in [-0.05, 0) is 43.9 Å². The lowest BCUT2D eigenvalue weighted by molar-refractivity contribution is 0.436. The summed E-state index contributed by atoms with van der Waals surface area (Å²) in [5.41, 5.74) is 1.50. The van der Waals surface area contributed by atoms with Gasteiger partial charge in [0.1, 0.15) is 5.58 Å². The normalized spacial score (nSPS) is 19.9. The Labute approximate surface area is 161 Å². The third-order valence-corrected chi connectivity index (χ3v) is 5.02. The molecule has 0 aliphatic heterocycles. The molecule has 0 atom stereocenters. The van der Waals surface area contributed by atoms with Crippen molar-refractivity contribution >= 4 is 27.8 Å². The Balaban J connectivity index is 1.78. The van der Waals surface area contributed by atoms with Gasteiger partial charge in [-0.2, -0.15) is 0 Å². The van der Waals surface area contributed by atoms with Crippen LogP contribution in [0.3, 0.4) is 0 Å². The van der Waals surface area contributed by atoms with Gasteiger partial charge in [0, 0.05) is 32.1 Å². The van der Waals surface area contributed by atoms with Crippen molar-refractivity contribution in [1.29, 1.82) is 5.41 Å². The van der Waals surface area contributed by atoms with Gasteiger partial charge >= 0.3 is 0 Å². The van der Waals surface area contributed by atoms with Gasteiger partial charge in [0.15, 0.2) is 0 Å². The number of aromatic nitrogens is 1. The topological polar surface area (TPSA) is 49.9 Å². The standard InChI is InChI=1S/C23H24N2O/c1-15(2)11-13-20(24)19-10-6-9-17-18-12-14-21(16-7-4-3-5-8-16)25-23(18)26-22(17)19/h6,9-14,16,24H,1,3-5,7-8H2,2H3/b13-11-,24-20?/i2D3,11D,13D. The number of nitrogens with one attached hydrogen (secondary N) is 1. The predicted octanol–water partition coefficient (Wildman–Crippen LogP) is 6.53. The maximum absolute atomic E-state index is 8.45. The van der Waals surface area contributed by atoms with Gasteiger partial charge < -0.3 is 9.83 Å². The van der Waals surface area contributed by atoms with E-state index in [1.165, 1.54) is 19.3 Å². The Hall–Kier alpha value is -2.68. The lowest BCUT2D eigenvalue weighted by Crippen LogP contribution is -2.06. The summed E-state index contributed by atoms with van der Waals surface area (Å²) in [4.78, 5) is 4.76. The summed E-state index contributed by atoms with van der Waals surface area (Å²) in [7, 11) is 0. The third kappa shape index (κ3) is 3.10. The van der Waals surface area contributed by atoms with E-state index in [-0.39, 0.29) is 5.71 Å². The molecule has 4 rings (SSSR count). The second-order valence-electron chi connectivity index (χ2n) is 6.81. The van der Waals surface area contributed by atoms with Crippen LogP contribution in [0.15, 0.2) is 59.0 Å². The van der Waals surface area contributed by atoms with Crippen LogP contribution < -0.4 is 0 Å². The van der Waals surface area contributed by atoms with Crippen LogP contribution in [-0.4, -0.2) is 10.7 Å². The molecule has 1 aromatic carbocycles. The molecule has 0 radical (unpaired) electrons. The number of fused-ring (bicyclic) bond motifs is 3. The first-order valence-electron chi connectivity index (χ1n) is 11.5. The number of furan rings is 1. The number of hydrogen-bond donors (Lipinski definition) is 1. The van der Waals surface area contributed by atoms with Crippen LogP contribution in [0.2, 0.25) is 0 Å². The van der Waals surface area contributed by atoms with Gasteiger partial charge in [-0.3, -0.25) is 0 Å². The van der Waals surface area contributed by atoms with E-state index in [9.17, 15) is 0 Å². The van der Waals surface area contributed by atoms with Gasteiger partial charge in [0.25, 0.3) is 0 Å². The average Bonchev–Trinajstić information content (AvgIpc) is 3.15. The fourth-order valence-electron chi connectivity index (χ4n) is 3.72. The lowest BCUT2D eigenvalue weighted by Gasteiger charge is -2.20. The van der Waals surface area contributed by atoms with Gasteiger partial charge in [-0.15, -0.1) is 0 Å². The minimum absolute atomic E-state index is 0.285. The van der Waals surface area contributed by atoms with Crippen molar-refractivity contribution in [3.63, 3.8) is 0 Å². The molecule has 2 heterocycles. The quantitative estimate of drug-likeness (QED) is 0.430. The van der Waals surface area contributed by atoms with Gasteiger partial charge in [0.05, 0.1) is 8.45 Å². The molecule has 0 bridgehead atoms. The Bertz CT molecular complexity index is 1220. The lowest BCUT2D eigenvalue weighted by atomic mass is 9.86. The van der Waals surface area contributed by atoms with Crippen LogP contribution in [0.5, 0.6) is 0 Å². The first-order valence-corrected chi connectivity index (χ1v) is 8.97. The summed E-state index contributed by atoms with van der Waals surface area (Å²) < 4.78 is 44.5. The van der Waals surface area contributed by atoms with E-state index < -0.39 is 24.5 Å². The molecule has 0 saturated heterocycles.